The molecule has 0 saturated carbocycles. The molecule has 1 aromatic heterocycles. The van der Waals surface area contributed by atoms with Crippen LogP contribution in [-0.2, 0) is 5.41 Å². The van der Waals surface area contributed by atoms with Gasteiger partial charge in [-0.25, -0.2) is 0 Å². The maximum Gasteiger partial charge on any atom is 0.166 e. The first-order chi connectivity index (χ1) is 5.61. The predicted molar refractivity (Wildman–Crippen MR) is 45.3 cm³/mol. The molecule has 2 heteroatoms. The lowest BCUT2D eigenvalue weighted by atomic mass is 9.74. The summed E-state index contributed by atoms with van der Waals surface area (Å²) in [6.07, 6.45) is 4.85. The number of Topliss-reactive ketones (excluding diaryl/α,β-unsaturated/α-hetero) is 1. The van der Waals surface area contributed by atoms with E-state index in [1.807, 2.05) is 0 Å². The highest BCUT2D eigenvalue weighted by atomic mass is 16.3. The van der Waals surface area contributed by atoms with Gasteiger partial charge >= 0.3 is 0 Å². The summed E-state index contributed by atoms with van der Waals surface area (Å²) in [5.41, 5.74) is 1.96. The van der Waals surface area contributed by atoms with Gasteiger partial charge in [-0.1, -0.05) is 13.8 Å². The summed E-state index contributed by atoms with van der Waals surface area (Å²) in [6.45, 7) is 4.29. The minimum absolute atomic E-state index is 0.107. The van der Waals surface area contributed by atoms with E-state index in [9.17, 15) is 4.79 Å². The van der Waals surface area contributed by atoms with Crippen LogP contribution < -0.4 is 0 Å². The molecule has 0 N–H and O–H groups in total. The lowest BCUT2D eigenvalue weighted by molar-refractivity contribution is 0.0957. The van der Waals surface area contributed by atoms with Gasteiger partial charge in [-0.05, 0) is 11.8 Å². The first kappa shape index (κ1) is 7.59. The van der Waals surface area contributed by atoms with E-state index in [0.717, 1.165) is 17.5 Å². The van der Waals surface area contributed by atoms with Crippen molar-refractivity contribution < 1.29 is 9.21 Å². The third kappa shape index (κ3) is 0.909. The van der Waals surface area contributed by atoms with Crippen molar-refractivity contribution in [3.8, 4) is 0 Å². The molecule has 2 rings (SSSR count). The molecule has 0 aromatic carbocycles. The van der Waals surface area contributed by atoms with Gasteiger partial charge in [0.15, 0.2) is 5.78 Å². The van der Waals surface area contributed by atoms with Gasteiger partial charge in [0.05, 0.1) is 11.8 Å². The molecule has 0 unspecified atom stereocenters. The van der Waals surface area contributed by atoms with E-state index < -0.39 is 0 Å². The van der Waals surface area contributed by atoms with Crippen LogP contribution in [0.1, 0.15) is 42.6 Å². The first-order valence-corrected chi connectivity index (χ1v) is 4.21. The van der Waals surface area contributed by atoms with E-state index >= 15 is 0 Å². The zero-order chi connectivity index (χ0) is 8.77. The molecule has 1 heterocycles. The number of rotatable bonds is 0. The van der Waals surface area contributed by atoms with Gasteiger partial charge in [0.2, 0.25) is 0 Å². The standard InChI is InChI=1S/C10H12O2/c1-10(2)4-3-9(11)7-5-12-6-8(7)10/h5-6H,3-4H2,1-2H3. The summed E-state index contributed by atoms with van der Waals surface area (Å²) in [6, 6.07) is 0. The summed E-state index contributed by atoms with van der Waals surface area (Å²) in [7, 11) is 0. The van der Waals surface area contributed by atoms with Crippen molar-refractivity contribution in [3.63, 3.8) is 0 Å². The van der Waals surface area contributed by atoms with E-state index in [2.05, 4.69) is 13.8 Å². The van der Waals surface area contributed by atoms with Gasteiger partial charge in [-0.15, -0.1) is 0 Å². The van der Waals surface area contributed by atoms with E-state index in [-0.39, 0.29) is 11.2 Å². The van der Waals surface area contributed by atoms with E-state index in [1.54, 1.807) is 12.5 Å². The molecule has 0 radical (unpaired) electrons. The van der Waals surface area contributed by atoms with Gasteiger partial charge in [-0.3, -0.25) is 4.79 Å². The molecule has 1 aliphatic carbocycles. The third-order valence-corrected chi connectivity index (χ3v) is 2.67. The molecule has 0 fully saturated rings. The summed E-state index contributed by atoms with van der Waals surface area (Å²) in [5.74, 6) is 0.220. The number of fused-ring (bicyclic) bond motifs is 1. The zero-order valence-corrected chi connectivity index (χ0v) is 7.39. The maximum atomic E-state index is 11.4. The molecular weight excluding hydrogens is 152 g/mol. The summed E-state index contributed by atoms with van der Waals surface area (Å²) >= 11 is 0. The Morgan fingerprint density at radius 2 is 2.17 bits per heavy atom. The van der Waals surface area contributed by atoms with Crippen LogP contribution in [0.4, 0.5) is 0 Å². The SMILES string of the molecule is CC1(C)CCC(=O)c2cocc21. The molecule has 0 bridgehead atoms. The monoisotopic (exact) mass is 164 g/mol. The minimum Gasteiger partial charge on any atom is -0.472 e. The fourth-order valence-electron chi connectivity index (χ4n) is 1.73. The van der Waals surface area contributed by atoms with Crippen molar-refractivity contribution in [1.29, 1.82) is 0 Å². The fraction of sp³-hybridized carbons (Fsp3) is 0.500. The highest BCUT2D eigenvalue weighted by molar-refractivity contribution is 5.98. The van der Waals surface area contributed by atoms with E-state index in [0.29, 0.717) is 6.42 Å². The molecule has 0 saturated heterocycles. The van der Waals surface area contributed by atoms with Gasteiger partial charge in [0.25, 0.3) is 0 Å². The Morgan fingerprint density at radius 3 is 2.83 bits per heavy atom. The van der Waals surface area contributed by atoms with E-state index in [4.69, 9.17) is 4.42 Å². The molecule has 0 atom stereocenters. The van der Waals surface area contributed by atoms with Crippen molar-refractivity contribution in [3.05, 3.63) is 23.7 Å². The van der Waals surface area contributed by atoms with Gasteiger partial charge in [0, 0.05) is 12.0 Å². The van der Waals surface area contributed by atoms with Crippen molar-refractivity contribution in [2.75, 3.05) is 0 Å². The number of ketones is 1. The van der Waals surface area contributed by atoms with Crippen LogP contribution in [-0.4, -0.2) is 5.78 Å². The molecule has 0 amide bonds. The van der Waals surface area contributed by atoms with Crippen molar-refractivity contribution in [2.45, 2.75) is 32.1 Å². The predicted octanol–water partition coefficient (Wildman–Crippen LogP) is 2.53. The molecular formula is C10H12O2. The van der Waals surface area contributed by atoms with Crippen LogP contribution in [0.15, 0.2) is 16.9 Å². The zero-order valence-electron chi connectivity index (χ0n) is 7.39. The quantitative estimate of drug-likeness (QED) is 0.589. The summed E-state index contributed by atoms with van der Waals surface area (Å²) in [4.78, 5) is 11.4. The smallest absolute Gasteiger partial charge is 0.166 e. The third-order valence-electron chi connectivity index (χ3n) is 2.67. The Morgan fingerprint density at radius 1 is 1.42 bits per heavy atom. The van der Waals surface area contributed by atoms with E-state index in [1.165, 1.54) is 0 Å². The molecule has 1 aliphatic rings. The lowest BCUT2D eigenvalue weighted by Gasteiger charge is -2.27. The number of hydrogen-bond donors (Lipinski definition) is 0. The normalized spacial score (nSPS) is 20.7. The molecule has 0 spiro atoms. The van der Waals surface area contributed by atoms with Crippen molar-refractivity contribution in [2.24, 2.45) is 0 Å². The molecule has 12 heavy (non-hydrogen) atoms. The van der Waals surface area contributed by atoms with Crippen LogP contribution >= 0.6 is 0 Å². The Hall–Kier alpha value is -1.05. The number of furan rings is 1. The Kier molecular flexibility index (Phi) is 1.40. The fourth-order valence-corrected chi connectivity index (χ4v) is 1.73. The largest absolute Gasteiger partial charge is 0.472 e. The highest BCUT2D eigenvalue weighted by Crippen LogP contribution is 2.36. The second-order valence-electron chi connectivity index (χ2n) is 4.01. The molecule has 0 aliphatic heterocycles. The molecule has 64 valence electrons. The van der Waals surface area contributed by atoms with Gasteiger partial charge in [0.1, 0.15) is 6.26 Å². The average Bonchev–Trinajstić information content (AvgIpc) is 2.46. The van der Waals surface area contributed by atoms with Crippen LogP contribution in [0.2, 0.25) is 0 Å². The van der Waals surface area contributed by atoms with Crippen LogP contribution in [0.3, 0.4) is 0 Å². The van der Waals surface area contributed by atoms with Crippen molar-refractivity contribution in [1.82, 2.24) is 0 Å². The maximum absolute atomic E-state index is 11.4. The summed E-state index contributed by atoms with van der Waals surface area (Å²) in [5, 5.41) is 0. The average molecular weight is 164 g/mol. The number of hydrogen-bond acceptors (Lipinski definition) is 2. The first-order valence-electron chi connectivity index (χ1n) is 4.21. The summed E-state index contributed by atoms with van der Waals surface area (Å²) < 4.78 is 5.05. The highest BCUT2D eigenvalue weighted by Gasteiger charge is 2.32. The molecule has 1 aromatic rings. The van der Waals surface area contributed by atoms with Crippen LogP contribution in [0, 0.1) is 0 Å². The second-order valence-corrected chi connectivity index (χ2v) is 4.01. The van der Waals surface area contributed by atoms with Crippen molar-refractivity contribution >= 4 is 5.78 Å². The Balaban J connectivity index is 2.57. The second kappa shape index (κ2) is 2.22. The van der Waals surface area contributed by atoms with Gasteiger partial charge in [-0.2, -0.15) is 0 Å². The Bertz CT molecular complexity index is 320. The number of carbonyl (C=O) groups is 1. The Labute approximate surface area is 71.6 Å². The van der Waals surface area contributed by atoms with Crippen LogP contribution in [0.5, 0.6) is 0 Å². The minimum atomic E-state index is 0.107. The molecule has 2 nitrogen and oxygen atoms in total. The topological polar surface area (TPSA) is 30.2 Å². The van der Waals surface area contributed by atoms with Crippen LogP contribution in [0.25, 0.3) is 0 Å². The lowest BCUT2D eigenvalue weighted by Crippen LogP contribution is -2.25. The number of carbonyl (C=O) groups excluding carboxylic acids is 1. The van der Waals surface area contributed by atoms with Gasteiger partial charge < -0.3 is 4.42 Å².